The van der Waals surface area contributed by atoms with Crippen molar-refractivity contribution >= 4 is 48.4 Å². The van der Waals surface area contributed by atoms with Gasteiger partial charge in [-0.15, -0.1) is 0 Å². The summed E-state index contributed by atoms with van der Waals surface area (Å²) < 4.78 is 0. The predicted molar refractivity (Wildman–Crippen MR) is 145 cm³/mol. The smallest absolute Gasteiger partial charge is 0.0449 e. The fourth-order valence-corrected chi connectivity index (χ4v) is 74.0. The van der Waals surface area contributed by atoms with Crippen molar-refractivity contribution in [3.05, 3.63) is 0 Å². The summed E-state index contributed by atoms with van der Waals surface area (Å²) >= 11 is 0. The van der Waals surface area contributed by atoms with E-state index in [0.717, 1.165) is 9.58 Å². The van der Waals surface area contributed by atoms with Gasteiger partial charge in [-0.05, 0) is 0 Å². The Morgan fingerprint density at radius 1 is 0.346 bits per heavy atom. The molecule has 0 radical (unpaired) electrons. The van der Waals surface area contributed by atoms with E-state index in [1.807, 2.05) is 0 Å². The quantitative estimate of drug-likeness (QED) is 0.300. The van der Waals surface area contributed by atoms with Crippen LogP contribution in [0.2, 0.25) is 126 Å². The molecule has 6 heteroatoms. The maximum Gasteiger partial charge on any atom is 0.0449 e. The summed E-state index contributed by atoms with van der Waals surface area (Å²) in [6.45, 7) is 43.1. The van der Waals surface area contributed by atoms with Gasteiger partial charge in [0.2, 0.25) is 0 Å². The molecule has 0 heterocycles. The minimum absolute atomic E-state index is 1.10. The predicted octanol–water partition coefficient (Wildman–Crippen LogP) is 8.65. The Labute approximate surface area is 174 Å². The van der Waals surface area contributed by atoms with Gasteiger partial charge in [-0.3, -0.25) is 0 Å². The van der Waals surface area contributed by atoms with Crippen molar-refractivity contribution in [3.8, 4) is 0 Å². The first-order valence-corrected chi connectivity index (χ1v) is 31.8. The van der Waals surface area contributed by atoms with Crippen molar-refractivity contribution in [1.29, 1.82) is 0 Å². The molecule has 0 aliphatic rings. The van der Waals surface area contributed by atoms with Crippen molar-refractivity contribution in [2.45, 2.75) is 126 Å². The summed E-state index contributed by atoms with van der Waals surface area (Å²) in [5.74, 6) is 0. The summed E-state index contributed by atoms with van der Waals surface area (Å²) in [5, 5.41) is 0. The zero-order valence-electron chi connectivity index (χ0n) is 21.6. The lowest BCUT2D eigenvalue weighted by Crippen LogP contribution is -2.59. The van der Waals surface area contributed by atoms with Gasteiger partial charge in [-0.2, -0.15) is 0 Å². The van der Waals surface area contributed by atoms with Crippen LogP contribution in [0.15, 0.2) is 0 Å². The highest BCUT2D eigenvalue weighted by atomic mass is 28.5. The average molecular weight is 463 g/mol. The molecule has 0 rings (SSSR count). The minimum atomic E-state index is -1.19. The van der Waals surface area contributed by atoms with E-state index in [4.69, 9.17) is 0 Å². The van der Waals surface area contributed by atoms with Crippen LogP contribution in [-0.2, 0) is 0 Å². The molecule has 0 atom stereocenters. The van der Waals surface area contributed by atoms with Crippen LogP contribution in [0.25, 0.3) is 0 Å². The van der Waals surface area contributed by atoms with Gasteiger partial charge in [0.1, 0.15) is 0 Å². The van der Waals surface area contributed by atoms with Crippen molar-refractivity contribution in [2.24, 2.45) is 0 Å². The lowest BCUT2D eigenvalue weighted by atomic mass is 10.9. The highest BCUT2D eigenvalue weighted by Crippen LogP contribution is 2.47. The largest absolute Gasteiger partial charge is 0.0698 e. The molecule has 158 valence electrons. The van der Waals surface area contributed by atoms with E-state index in [1.165, 1.54) is 0 Å². The first-order chi connectivity index (χ1) is 10.9. The molecule has 0 bridgehead atoms. The summed E-state index contributed by atoms with van der Waals surface area (Å²) in [6, 6.07) is 3.22. The van der Waals surface area contributed by atoms with E-state index in [2.05, 4.69) is 105 Å². The Morgan fingerprint density at radius 3 is 0.615 bits per heavy atom. The molecule has 0 unspecified atom stereocenters. The van der Waals surface area contributed by atoms with Crippen LogP contribution in [-0.4, -0.2) is 48.4 Å². The monoisotopic (exact) mass is 462 g/mol. The molecule has 0 N–H and O–H groups in total. The Morgan fingerprint density at radius 2 is 0.500 bits per heavy atom. The number of hydrogen-bond donors (Lipinski definition) is 0. The van der Waals surface area contributed by atoms with Gasteiger partial charge in [0.15, 0.2) is 0 Å². The molecule has 0 aliphatic carbocycles. The average Bonchev–Trinajstić information content (AvgIpc) is 2.15. The van der Waals surface area contributed by atoms with E-state index >= 15 is 0 Å². The normalized spacial score (nSPS) is 15.9. The topological polar surface area (TPSA) is 0 Å². The Balaban J connectivity index is 5.71. The second-order valence-corrected chi connectivity index (χ2v) is 49.6. The summed E-state index contributed by atoms with van der Waals surface area (Å²) in [4.78, 5) is 2.29. The van der Waals surface area contributed by atoms with Crippen molar-refractivity contribution < 1.29 is 0 Å². The van der Waals surface area contributed by atoms with Crippen LogP contribution < -0.4 is 0 Å². The third kappa shape index (κ3) is 7.61. The standard InChI is InChI=1S/C20H54Si6/c1-21(2,3)19(22(4,5)6)25(13,14)17-18-26(15,16)20(23(7,8)9)24(10,11)12/h19-20H,17-18H2,1-16H3. The van der Waals surface area contributed by atoms with Crippen molar-refractivity contribution in [1.82, 2.24) is 0 Å². The van der Waals surface area contributed by atoms with Gasteiger partial charge in [-0.1, -0.05) is 126 Å². The molecule has 0 saturated heterocycles. The Kier molecular flexibility index (Phi) is 8.61. The molecule has 0 aromatic heterocycles. The zero-order chi connectivity index (χ0) is 21.6. The molecule has 0 aromatic carbocycles. The second kappa shape index (κ2) is 8.20. The van der Waals surface area contributed by atoms with Gasteiger partial charge in [0.25, 0.3) is 0 Å². The summed E-state index contributed by atoms with van der Waals surface area (Å²) in [6.07, 6.45) is 0. The maximum absolute atomic E-state index is 2.77. The third-order valence-electron chi connectivity index (χ3n) is 6.44. The van der Waals surface area contributed by atoms with Crippen LogP contribution in [0.4, 0.5) is 0 Å². The van der Waals surface area contributed by atoms with Gasteiger partial charge in [-0.25, -0.2) is 0 Å². The van der Waals surface area contributed by atoms with Crippen LogP contribution in [0, 0.1) is 0 Å². The fraction of sp³-hybridized carbons (Fsp3) is 1.00. The molecule has 0 aliphatic heterocycles. The molecule has 0 nitrogen and oxygen atoms in total. The number of rotatable bonds is 9. The van der Waals surface area contributed by atoms with Crippen LogP contribution in [0.3, 0.4) is 0 Å². The molecule has 0 aromatic rings. The lowest BCUT2D eigenvalue weighted by Gasteiger charge is -2.51. The van der Waals surface area contributed by atoms with Crippen LogP contribution in [0.1, 0.15) is 0 Å². The maximum atomic E-state index is 2.77. The zero-order valence-corrected chi connectivity index (χ0v) is 27.6. The van der Waals surface area contributed by atoms with Crippen LogP contribution in [0.5, 0.6) is 0 Å². The highest BCUT2D eigenvalue weighted by Gasteiger charge is 2.51. The molecule has 0 fully saturated rings. The Hall–Kier alpha value is 1.30. The van der Waals surface area contributed by atoms with Gasteiger partial charge >= 0.3 is 0 Å². The lowest BCUT2D eigenvalue weighted by molar-refractivity contribution is 1.18. The molecular weight excluding hydrogens is 409 g/mol. The Bertz CT molecular complexity index is 383. The molecule has 0 amide bonds. The fourth-order valence-electron chi connectivity index (χ4n) is 8.22. The van der Waals surface area contributed by atoms with E-state index in [1.54, 1.807) is 12.1 Å². The van der Waals surface area contributed by atoms with E-state index in [9.17, 15) is 0 Å². The van der Waals surface area contributed by atoms with Crippen LogP contribution >= 0.6 is 0 Å². The SMILES string of the molecule is C[Si](C)(C)C([Si](C)(C)C)[Si](C)(C)CC[Si](C)(C)C([Si](C)(C)C)[Si](C)(C)C. The van der Waals surface area contributed by atoms with Gasteiger partial charge in [0.05, 0.1) is 0 Å². The minimum Gasteiger partial charge on any atom is -0.0698 e. The summed E-state index contributed by atoms with van der Waals surface area (Å²) in [7, 11) is -6.77. The second-order valence-electron chi connectivity index (χ2n) is 14.8. The van der Waals surface area contributed by atoms with Gasteiger partial charge < -0.3 is 0 Å². The number of hydrogen-bond acceptors (Lipinski definition) is 0. The molecule has 26 heavy (non-hydrogen) atoms. The summed E-state index contributed by atoms with van der Waals surface area (Å²) in [5.41, 5.74) is 0. The molecule has 0 spiro atoms. The van der Waals surface area contributed by atoms with E-state index in [0.29, 0.717) is 0 Å². The molecular formula is C20H54Si6. The van der Waals surface area contributed by atoms with E-state index < -0.39 is 48.4 Å². The van der Waals surface area contributed by atoms with Crippen molar-refractivity contribution in [2.75, 3.05) is 0 Å². The third-order valence-corrected chi connectivity index (χ3v) is 50.2. The molecule has 0 saturated carbocycles. The van der Waals surface area contributed by atoms with Crippen molar-refractivity contribution in [3.63, 3.8) is 0 Å². The van der Waals surface area contributed by atoms with E-state index in [-0.39, 0.29) is 0 Å². The first-order valence-electron chi connectivity index (χ1n) is 10.9. The van der Waals surface area contributed by atoms with Gasteiger partial charge in [0, 0.05) is 48.4 Å². The first kappa shape index (κ1) is 27.3. The highest BCUT2D eigenvalue weighted by molar-refractivity contribution is 7.14.